The standard InChI is InChI=1S/C20H22N2O2/c1-12(2)19-18(14(4)22-24-19)20(23)21-13(3)16-11-7-9-15-8-5-6-10-17(15)16/h5-13H,1-4H3,(H,21,23)/t13-/m1/s1. The van der Waals surface area contributed by atoms with E-state index in [1.54, 1.807) is 6.92 Å². The Labute approximate surface area is 141 Å². The Bertz CT molecular complexity index is 875. The molecule has 0 saturated heterocycles. The third kappa shape index (κ3) is 2.92. The summed E-state index contributed by atoms with van der Waals surface area (Å²) in [5.74, 6) is 0.604. The van der Waals surface area contributed by atoms with Gasteiger partial charge in [-0.3, -0.25) is 4.79 Å². The Hall–Kier alpha value is -2.62. The molecule has 1 aromatic heterocycles. The van der Waals surface area contributed by atoms with Crippen molar-refractivity contribution in [2.75, 3.05) is 0 Å². The van der Waals surface area contributed by atoms with Crippen LogP contribution < -0.4 is 5.32 Å². The molecule has 1 amide bonds. The van der Waals surface area contributed by atoms with Crippen molar-refractivity contribution in [3.8, 4) is 0 Å². The Balaban J connectivity index is 1.91. The molecule has 0 unspecified atom stereocenters. The zero-order chi connectivity index (χ0) is 17.3. The first-order chi connectivity index (χ1) is 11.5. The van der Waals surface area contributed by atoms with Gasteiger partial charge in [-0.2, -0.15) is 0 Å². The number of rotatable bonds is 4. The molecular weight excluding hydrogens is 300 g/mol. The lowest BCUT2D eigenvalue weighted by Gasteiger charge is -2.17. The second-order valence-electron chi connectivity index (χ2n) is 6.43. The van der Waals surface area contributed by atoms with Crippen molar-refractivity contribution in [2.24, 2.45) is 0 Å². The van der Waals surface area contributed by atoms with E-state index in [9.17, 15) is 4.79 Å². The average Bonchev–Trinajstić information content (AvgIpc) is 2.96. The van der Waals surface area contributed by atoms with Gasteiger partial charge in [-0.15, -0.1) is 0 Å². The largest absolute Gasteiger partial charge is 0.360 e. The molecule has 0 fully saturated rings. The monoisotopic (exact) mass is 322 g/mol. The molecule has 1 N–H and O–H groups in total. The number of nitrogens with one attached hydrogen (secondary N) is 1. The number of aryl methyl sites for hydroxylation is 1. The van der Waals surface area contributed by atoms with Crippen molar-refractivity contribution in [2.45, 2.75) is 39.7 Å². The minimum atomic E-state index is -0.141. The molecule has 0 bridgehead atoms. The lowest BCUT2D eigenvalue weighted by molar-refractivity contribution is 0.0937. The molecule has 24 heavy (non-hydrogen) atoms. The van der Waals surface area contributed by atoms with Gasteiger partial charge in [-0.25, -0.2) is 0 Å². The predicted octanol–water partition coefficient (Wildman–Crippen LogP) is 4.75. The lowest BCUT2D eigenvalue weighted by atomic mass is 9.99. The zero-order valence-electron chi connectivity index (χ0n) is 14.5. The highest BCUT2D eigenvalue weighted by Gasteiger charge is 2.24. The average molecular weight is 322 g/mol. The van der Waals surface area contributed by atoms with Gasteiger partial charge in [0.25, 0.3) is 5.91 Å². The van der Waals surface area contributed by atoms with E-state index < -0.39 is 0 Å². The van der Waals surface area contributed by atoms with Crippen LogP contribution in [0.5, 0.6) is 0 Å². The number of nitrogens with zero attached hydrogens (tertiary/aromatic N) is 1. The van der Waals surface area contributed by atoms with Crippen LogP contribution in [0.1, 0.15) is 60.1 Å². The number of aromatic nitrogens is 1. The number of amides is 1. The van der Waals surface area contributed by atoms with Crippen molar-refractivity contribution in [3.63, 3.8) is 0 Å². The summed E-state index contributed by atoms with van der Waals surface area (Å²) in [7, 11) is 0. The zero-order valence-corrected chi connectivity index (χ0v) is 14.5. The van der Waals surface area contributed by atoms with E-state index in [0.29, 0.717) is 17.0 Å². The Morgan fingerprint density at radius 3 is 2.54 bits per heavy atom. The fraction of sp³-hybridized carbons (Fsp3) is 0.300. The summed E-state index contributed by atoms with van der Waals surface area (Å²) in [6, 6.07) is 14.2. The third-order valence-corrected chi connectivity index (χ3v) is 4.28. The van der Waals surface area contributed by atoms with Crippen LogP contribution >= 0.6 is 0 Å². The van der Waals surface area contributed by atoms with Gasteiger partial charge < -0.3 is 9.84 Å². The SMILES string of the molecule is Cc1noc(C(C)C)c1C(=O)N[C@H](C)c1cccc2ccccc12. The maximum Gasteiger partial charge on any atom is 0.257 e. The molecule has 0 spiro atoms. The number of hydrogen-bond acceptors (Lipinski definition) is 3. The van der Waals surface area contributed by atoms with Crippen LogP contribution in [0, 0.1) is 6.92 Å². The van der Waals surface area contributed by atoms with Crippen molar-refractivity contribution >= 4 is 16.7 Å². The highest BCUT2D eigenvalue weighted by Crippen LogP contribution is 2.26. The minimum absolute atomic E-state index is 0.111. The molecule has 3 rings (SSSR count). The smallest absolute Gasteiger partial charge is 0.257 e. The van der Waals surface area contributed by atoms with E-state index in [4.69, 9.17) is 4.52 Å². The van der Waals surface area contributed by atoms with Gasteiger partial charge in [0.2, 0.25) is 0 Å². The normalized spacial score (nSPS) is 12.5. The first kappa shape index (κ1) is 16.2. The van der Waals surface area contributed by atoms with Crippen molar-refractivity contribution in [3.05, 3.63) is 65.0 Å². The van der Waals surface area contributed by atoms with Crippen LogP contribution in [0.3, 0.4) is 0 Å². The molecule has 0 aliphatic carbocycles. The summed E-state index contributed by atoms with van der Waals surface area (Å²) in [6.07, 6.45) is 0. The summed E-state index contributed by atoms with van der Waals surface area (Å²) in [6.45, 7) is 7.78. The van der Waals surface area contributed by atoms with E-state index in [1.807, 2.05) is 39.0 Å². The highest BCUT2D eigenvalue weighted by atomic mass is 16.5. The van der Waals surface area contributed by atoms with E-state index in [0.717, 1.165) is 10.9 Å². The van der Waals surface area contributed by atoms with Crippen LogP contribution in [-0.4, -0.2) is 11.1 Å². The number of carbonyl (C=O) groups excluding carboxylic acids is 1. The fourth-order valence-corrected chi connectivity index (χ4v) is 3.03. The van der Waals surface area contributed by atoms with Gasteiger partial charge in [0.1, 0.15) is 5.56 Å². The summed E-state index contributed by atoms with van der Waals surface area (Å²) in [5.41, 5.74) is 2.28. The van der Waals surface area contributed by atoms with Crippen molar-refractivity contribution < 1.29 is 9.32 Å². The van der Waals surface area contributed by atoms with Gasteiger partial charge in [0.05, 0.1) is 11.7 Å². The maximum atomic E-state index is 12.8. The van der Waals surface area contributed by atoms with Gasteiger partial charge >= 0.3 is 0 Å². The lowest BCUT2D eigenvalue weighted by Crippen LogP contribution is -2.28. The molecule has 3 aromatic rings. The van der Waals surface area contributed by atoms with E-state index in [1.165, 1.54) is 5.39 Å². The minimum Gasteiger partial charge on any atom is -0.360 e. The number of fused-ring (bicyclic) bond motifs is 1. The topological polar surface area (TPSA) is 55.1 Å². The molecule has 1 heterocycles. The molecule has 4 heteroatoms. The number of hydrogen-bond donors (Lipinski definition) is 1. The Morgan fingerprint density at radius 2 is 1.79 bits per heavy atom. The molecule has 0 aliphatic rings. The van der Waals surface area contributed by atoms with Crippen LogP contribution in [-0.2, 0) is 0 Å². The first-order valence-corrected chi connectivity index (χ1v) is 8.23. The van der Waals surface area contributed by atoms with E-state index in [-0.39, 0.29) is 17.9 Å². The van der Waals surface area contributed by atoms with Crippen LogP contribution in [0.4, 0.5) is 0 Å². The quantitative estimate of drug-likeness (QED) is 0.754. The Kier molecular flexibility index (Phi) is 4.38. The second-order valence-corrected chi connectivity index (χ2v) is 6.43. The highest BCUT2D eigenvalue weighted by molar-refractivity contribution is 5.97. The van der Waals surface area contributed by atoms with E-state index >= 15 is 0 Å². The third-order valence-electron chi connectivity index (χ3n) is 4.28. The summed E-state index contributed by atoms with van der Waals surface area (Å²) in [5, 5.41) is 9.36. The number of benzene rings is 2. The molecule has 2 aromatic carbocycles. The van der Waals surface area contributed by atoms with Crippen LogP contribution in [0.15, 0.2) is 47.0 Å². The second kappa shape index (κ2) is 6.48. The molecular formula is C20H22N2O2. The van der Waals surface area contributed by atoms with Crippen LogP contribution in [0.2, 0.25) is 0 Å². The summed E-state index contributed by atoms with van der Waals surface area (Å²) in [4.78, 5) is 12.8. The fourth-order valence-electron chi connectivity index (χ4n) is 3.03. The summed E-state index contributed by atoms with van der Waals surface area (Å²) >= 11 is 0. The molecule has 124 valence electrons. The Morgan fingerprint density at radius 1 is 1.08 bits per heavy atom. The van der Waals surface area contributed by atoms with Gasteiger partial charge in [-0.1, -0.05) is 61.5 Å². The maximum absolute atomic E-state index is 12.8. The van der Waals surface area contributed by atoms with Gasteiger partial charge in [-0.05, 0) is 30.2 Å². The van der Waals surface area contributed by atoms with Crippen molar-refractivity contribution in [1.82, 2.24) is 10.5 Å². The molecule has 0 saturated carbocycles. The molecule has 0 radical (unpaired) electrons. The van der Waals surface area contributed by atoms with Crippen molar-refractivity contribution in [1.29, 1.82) is 0 Å². The molecule has 4 nitrogen and oxygen atoms in total. The summed E-state index contributed by atoms with van der Waals surface area (Å²) < 4.78 is 5.32. The predicted molar refractivity (Wildman–Crippen MR) is 95.2 cm³/mol. The van der Waals surface area contributed by atoms with E-state index in [2.05, 4.69) is 34.7 Å². The molecule has 0 aliphatic heterocycles. The number of carbonyl (C=O) groups is 1. The van der Waals surface area contributed by atoms with Gasteiger partial charge in [0.15, 0.2) is 5.76 Å². The van der Waals surface area contributed by atoms with Gasteiger partial charge in [0, 0.05) is 5.92 Å². The van der Waals surface area contributed by atoms with Crippen LogP contribution in [0.25, 0.3) is 10.8 Å². The first-order valence-electron chi connectivity index (χ1n) is 8.23. The molecule has 1 atom stereocenters.